The highest BCUT2D eigenvalue weighted by Gasteiger charge is 2.28. The van der Waals surface area contributed by atoms with Crippen LogP contribution in [0.3, 0.4) is 0 Å². The summed E-state index contributed by atoms with van der Waals surface area (Å²) in [5.41, 5.74) is 0. The fourth-order valence-electron chi connectivity index (χ4n) is 1.62. The topological polar surface area (TPSA) is 37.4 Å². The number of benzene rings is 1. The van der Waals surface area contributed by atoms with E-state index in [2.05, 4.69) is 15.9 Å². The van der Waals surface area contributed by atoms with E-state index in [1.54, 1.807) is 20.8 Å². The zero-order valence-electron chi connectivity index (χ0n) is 9.94. The second-order valence-corrected chi connectivity index (χ2v) is 6.65. The van der Waals surface area contributed by atoms with Gasteiger partial charge in [-0.2, -0.15) is 4.31 Å². The third kappa shape index (κ3) is 3.05. The molecule has 1 aromatic carbocycles. The van der Waals surface area contributed by atoms with Crippen LogP contribution in [-0.2, 0) is 10.0 Å². The molecule has 0 N–H and O–H groups in total. The highest BCUT2D eigenvalue weighted by Crippen LogP contribution is 2.23. The molecule has 0 aromatic heterocycles. The molecule has 0 saturated heterocycles. The van der Waals surface area contributed by atoms with Gasteiger partial charge in [0.1, 0.15) is 10.7 Å². The predicted molar refractivity (Wildman–Crippen MR) is 68.8 cm³/mol. The van der Waals surface area contributed by atoms with E-state index in [9.17, 15) is 12.8 Å². The van der Waals surface area contributed by atoms with Crippen molar-refractivity contribution in [2.45, 2.75) is 31.7 Å². The van der Waals surface area contributed by atoms with Gasteiger partial charge in [0.15, 0.2) is 0 Å². The average Bonchev–Trinajstić information content (AvgIpc) is 2.16. The molecule has 0 aliphatic rings. The Morgan fingerprint density at radius 2 is 2.00 bits per heavy atom. The van der Waals surface area contributed by atoms with Gasteiger partial charge in [-0.3, -0.25) is 0 Å². The average molecular weight is 324 g/mol. The number of sulfonamides is 1. The molecule has 1 rings (SSSR count). The van der Waals surface area contributed by atoms with Crippen molar-refractivity contribution in [2.75, 3.05) is 6.54 Å². The van der Waals surface area contributed by atoms with Gasteiger partial charge < -0.3 is 0 Å². The summed E-state index contributed by atoms with van der Waals surface area (Å²) in [6.45, 7) is 5.57. The largest absolute Gasteiger partial charge is 0.246 e. The van der Waals surface area contributed by atoms with Crippen LogP contribution in [0.5, 0.6) is 0 Å². The molecule has 0 atom stereocenters. The van der Waals surface area contributed by atoms with Crippen molar-refractivity contribution in [3.63, 3.8) is 0 Å². The maximum absolute atomic E-state index is 13.7. The van der Waals surface area contributed by atoms with E-state index >= 15 is 0 Å². The lowest BCUT2D eigenvalue weighted by Gasteiger charge is -2.24. The van der Waals surface area contributed by atoms with Crippen LogP contribution < -0.4 is 0 Å². The van der Waals surface area contributed by atoms with Crippen LogP contribution in [0.25, 0.3) is 0 Å². The van der Waals surface area contributed by atoms with Crippen LogP contribution in [0.4, 0.5) is 4.39 Å². The second kappa shape index (κ2) is 5.46. The van der Waals surface area contributed by atoms with Crippen molar-refractivity contribution in [1.29, 1.82) is 0 Å². The first-order chi connectivity index (χ1) is 7.80. The van der Waals surface area contributed by atoms with Gasteiger partial charge >= 0.3 is 0 Å². The zero-order valence-corrected chi connectivity index (χ0v) is 12.3. The van der Waals surface area contributed by atoms with E-state index in [1.165, 1.54) is 16.4 Å². The Kier molecular flexibility index (Phi) is 4.69. The molecule has 0 heterocycles. The Morgan fingerprint density at radius 1 is 1.41 bits per heavy atom. The van der Waals surface area contributed by atoms with E-state index in [-0.39, 0.29) is 10.9 Å². The lowest BCUT2D eigenvalue weighted by Crippen LogP contribution is -2.37. The van der Waals surface area contributed by atoms with Gasteiger partial charge in [0.25, 0.3) is 0 Å². The van der Waals surface area contributed by atoms with Crippen molar-refractivity contribution in [3.8, 4) is 0 Å². The van der Waals surface area contributed by atoms with E-state index in [0.29, 0.717) is 11.0 Å². The fourth-order valence-corrected chi connectivity index (χ4v) is 3.65. The first-order valence-electron chi connectivity index (χ1n) is 5.27. The maximum atomic E-state index is 13.7. The predicted octanol–water partition coefficient (Wildman–Crippen LogP) is 3.01. The molecule has 0 radical (unpaired) electrons. The maximum Gasteiger partial charge on any atom is 0.246 e. The number of hydrogen-bond donors (Lipinski definition) is 0. The lowest BCUT2D eigenvalue weighted by atomic mass is 10.3. The van der Waals surface area contributed by atoms with Crippen LogP contribution in [0.2, 0.25) is 0 Å². The van der Waals surface area contributed by atoms with Crippen molar-refractivity contribution in [1.82, 2.24) is 4.31 Å². The zero-order chi connectivity index (χ0) is 13.2. The molecule has 0 saturated carbocycles. The highest BCUT2D eigenvalue weighted by atomic mass is 79.9. The van der Waals surface area contributed by atoms with Gasteiger partial charge in [-0.25, -0.2) is 12.8 Å². The molecule has 0 aliphatic carbocycles. The van der Waals surface area contributed by atoms with Crippen LogP contribution in [0, 0.1) is 5.82 Å². The molecule has 6 heteroatoms. The lowest BCUT2D eigenvalue weighted by molar-refractivity contribution is 0.367. The molecule has 0 spiro atoms. The minimum atomic E-state index is -3.76. The molecule has 0 amide bonds. The Hall–Kier alpha value is -0.460. The van der Waals surface area contributed by atoms with E-state index < -0.39 is 15.8 Å². The van der Waals surface area contributed by atoms with Crippen LogP contribution >= 0.6 is 15.9 Å². The highest BCUT2D eigenvalue weighted by molar-refractivity contribution is 9.10. The van der Waals surface area contributed by atoms with Crippen LogP contribution in [0.1, 0.15) is 20.8 Å². The minimum absolute atomic E-state index is 0.201. The molecule has 0 aliphatic heterocycles. The molecule has 0 unspecified atom stereocenters. The quantitative estimate of drug-likeness (QED) is 0.854. The second-order valence-electron chi connectivity index (χ2n) is 3.88. The Balaban J connectivity index is 3.30. The molecular formula is C11H15BrFNO2S. The summed E-state index contributed by atoms with van der Waals surface area (Å²) in [5, 5.41) is 0. The number of nitrogens with zero attached hydrogens (tertiary/aromatic N) is 1. The van der Waals surface area contributed by atoms with Crippen molar-refractivity contribution < 1.29 is 12.8 Å². The normalized spacial score (nSPS) is 12.4. The number of hydrogen-bond acceptors (Lipinski definition) is 2. The molecule has 17 heavy (non-hydrogen) atoms. The van der Waals surface area contributed by atoms with E-state index in [4.69, 9.17) is 0 Å². The smallest absolute Gasteiger partial charge is 0.207 e. The van der Waals surface area contributed by atoms with Crippen molar-refractivity contribution >= 4 is 26.0 Å². The van der Waals surface area contributed by atoms with Gasteiger partial charge in [0.05, 0.1) is 0 Å². The summed E-state index contributed by atoms with van der Waals surface area (Å²) in [6.07, 6.45) is 0. The Labute approximate surface area is 110 Å². The van der Waals surface area contributed by atoms with E-state index in [0.717, 1.165) is 6.07 Å². The Morgan fingerprint density at radius 3 is 2.41 bits per heavy atom. The van der Waals surface area contributed by atoms with Gasteiger partial charge in [-0.05, 0) is 32.0 Å². The third-order valence-electron chi connectivity index (χ3n) is 2.37. The van der Waals surface area contributed by atoms with Crippen molar-refractivity contribution in [3.05, 3.63) is 28.5 Å². The van der Waals surface area contributed by atoms with Gasteiger partial charge in [0, 0.05) is 17.1 Å². The fraction of sp³-hybridized carbons (Fsp3) is 0.455. The van der Waals surface area contributed by atoms with Gasteiger partial charge in [0.2, 0.25) is 10.0 Å². The minimum Gasteiger partial charge on any atom is -0.207 e. The molecule has 0 fully saturated rings. The summed E-state index contributed by atoms with van der Waals surface area (Å²) >= 11 is 3.10. The van der Waals surface area contributed by atoms with Gasteiger partial charge in [-0.15, -0.1) is 0 Å². The number of halogens is 2. The summed E-state index contributed by atoms with van der Waals surface area (Å²) in [5.74, 6) is -0.738. The number of rotatable bonds is 4. The first-order valence-corrected chi connectivity index (χ1v) is 7.51. The molecule has 1 aromatic rings. The van der Waals surface area contributed by atoms with Gasteiger partial charge in [-0.1, -0.05) is 22.9 Å². The Bertz CT molecular complexity index is 502. The van der Waals surface area contributed by atoms with Crippen molar-refractivity contribution in [2.24, 2.45) is 0 Å². The monoisotopic (exact) mass is 323 g/mol. The summed E-state index contributed by atoms with van der Waals surface area (Å²) < 4.78 is 39.9. The van der Waals surface area contributed by atoms with Crippen LogP contribution in [-0.4, -0.2) is 25.3 Å². The first kappa shape index (κ1) is 14.6. The summed E-state index contributed by atoms with van der Waals surface area (Å²) in [6, 6.07) is 3.75. The molecule has 96 valence electrons. The van der Waals surface area contributed by atoms with Crippen LogP contribution in [0.15, 0.2) is 27.6 Å². The standard InChI is InChI=1S/C11H15BrFNO2S/c1-4-14(8(2)3)17(15,16)11-6-5-9(12)7-10(11)13/h5-8H,4H2,1-3H3. The summed E-state index contributed by atoms with van der Waals surface area (Å²) in [7, 11) is -3.76. The third-order valence-corrected chi connectivity index (χ3v) is 5.05. The molecule has 0 bridgehead atoms. The summed E-state index contributed by atoms with van der Waals surface area (Å²) in [4.78, 5) is -0.281. The molecular weight excluding hydrogens is 309 g/mol. The SMILES string of the molecule is CCN(C(C)C)S(=O)(=O)c1ccc(Br)cc1F. The van der Waals surface area contributed by atoms with E-state index in [1.807, 2.05) is 0 Å². The molecule has 3 nitrogen and oxygen atoms in total.